The molecule has 0 bridgehead atoms. The van der Waals surface area contributed by atoms with Gasteiger partial charge in [0.15, 0.2) is 6.29 Å². The SMILES string of the molecule is CCCCCc1cccnc1C=O. The summed E-state index contributed by atoms with van der Waals surface area (Å²) in [6.07, 6.45) is 7.02. The molecule has 0 N–H and O–H groups in total. The van der Waals surface area contributed by atoms with E-state index in [2.05, 4.69) is 11.9 Å². The van der Waals surface area contributed by atoms with Gasteiger partial charge in [0.2, 0.25) is 0 Å². The van der Waals surface area contributed by atoms with Gasteiger partial charge in [0.1, 0.15) is 5.69 Å². The molecule has 0 saturated carbocycles. The Balaban J connectivity index is 2.59. The first-order valence-corrected chi connectivity index (χ1v) is 4.77. The number of aryl methyl sites for hydroxylation is 1. The maximum atomic E-state index is 10.6. The van der Waals surface area contributed by atoms with Gasteiger partial charge in [0, 0.05) is 6.20 Å². The Kier molecular flexibility index (Phi) is 4.16. The van der Waals surface area contributed by atoms with Crippen LogP contribution in [0.1, 0.15) is 42.2 Å². The van der Waals surface area contributed by atoms with Crippen molar-refractivity contribution in [2.45, 2.75) is 32.6 Å². The average molecular weight is 177 g/mol. The quantitative estimate of drug-likeness (QED) is 0.511. The molecule has 0 aromatic carbocycles. The summed E-state index contributed by atoms with van der Waals surface area (Å²) in [6.45, 7) is 2.17. The zero-order valence-corrected chi connectivity index (χ0v) is 7.99. The summed E-state index contributed by atoms with van der Waals surface area (Å²) < 4.78 is 0. The van der Waals surface area contributed by atoms with Crippen LogP contribution in [0.25, 0.3) is 0 Å². The Morgan fingerprint density at radius 1 is 1.46 bits per heavy atom. The highest BCUT2D eigenvalue weighted by Gasteiger charge is 2.00. The van der Waals surface area contributed by atoms with E-state index < -0.39 is 0 Å². The summed E-state index contributed by atoms with van der Waals surface area (Å²) in [4.78, 5) is 14.6. The maximum Gasteiger partial charge on any atom is 0.168 e. The number of aldehydes is 1. The second-order valence-electron chi connectivity index (χ2n) is 3.12. The third-order valence-corrected chi connectivity index (χ3v) is 2.09. The van der Waals surface area contributed by atoms with Crippen LogP contribution >= 0.6 is 0 Å². The van der Waals surface area contributed by atoms with Crippen molar-refractivity contribution in [2.24, 2.45) is 0 Å². The number of hydrogen-bond acceptors (Lipinski definition) is 2. The Hall–Kier alpha value is -1.18. The first-order chi connectivity index (χ1) is 6.38. The van der Waals surface area contributed by atoms with Gasteiger partial charge in [-0.2, -0.15) is 0 Å². The molecule has 0 aliphatic rings. The second kappa shape index (κ2) is 5.46. The Labute approximate surface area is 79.0 Å². The van der Waals surface area contributed by atoms with E-state index in [-0.39, 0.29) is 0 Å². The number of nitrogens with zero attached hydrogens (tertiary/aromatic N) is 1. The van der Waals surface area contributed by atoms with E-state index in [0.29, 0.717) is 5.69 Å². The van der Waals surface area contributed by atoms with Gasteiger partial charge in [-0.3, -0.25) is 9.78 Å². The molecule has 1 aromatic heterocycles. The summed E-state index contributed by atoms with van der Waals surface area (Å²) >= 11 is 0. The molecule has 1 aromatic rings. The van der Waals surface area contributed by atoms with Crippen LogP contribution in [0.5, 0.6) is 0 Å². The third-order valence-electron chi connectivity index (χ3n) is 2.09. The number of carbonyl (C=O) groups excluding carboxylic acids is 1. The fourth-order valence-corrected chi connectivity index (χ4v) is 1.33. The molecule has 1 heterocycles. The summed E-state index contributed by atoms with van der Waals surface area (Å²) in [5.41, 5.74) is 1.67. The van der Waals surface area contributed by atoms with E-state index in [1.54, 1.807) is 6.20 Å². The minimum absolute atomic E-state index is 0.596. The van der Waals surface area contributed by atoms with Crippen LogP contribution in [0.3, 0.4) is 0 Å². The van der Waals surface area contributed by atoms with Crippen molar-refractivity contribution in [3.63, 3.8) is 0 Å². The number of carbonyl (C=O) groups is 1. The van der Waals surface area contributed by atoms with Gasteiger partial charge in [0.05, 0.1) is 0 Å². The molecule has 0 amide bonds. The number of pyridine rings is 1. The molecule has 0 atom stereocenters. The van der Waals surface area contributed by atoms with Crippen LogP contribution in [0.15, 0.2) is 18.3 Å². The molecule has 0 saturated heterocycles. The van der Waals surface area contributed by atoms with Gasteiger partial charge in [-0.1, -0.05) is 25.8 Å². The van der Waals surface area contributed by atoms with E-state index in [0.717, 1.165) is 24.7 Å². The summed E-state index contributed by atoms with van der Waals surface area (Å²) in [5, 5.41) is 0. The highest BCUT2D eigenvalue weighted by molar-refractivity contribution is 5.73. The molecule has 0 radical (unpaired) electrons. The number of aromatic nitrogens is 1. The van der Waals surface area contributed by atoms with Crippen LogP contribution in [-0.4, -0.2) is 11.3 Å². The lowest BCUT2D eigenvalue weighted by Crippen LogP contribution is -1.95. The van der Waals surface area contributed by atoms with Gasteiger partial charge < -0.3 is 0 Å². The monoisotopic (exact) mass is 177 g/mol. The highest BCUT2D eigenvalue weighted by Crippen LogP contribution is 2.08. The van der Waals surface area contributed by atoms with Gasteiger partial charge in [0.25, 0.3) is 0 Å². The molecule has 1 rings (SSSR count). The molecule has 0 fully saturated rings. The molecular weight excluding hydrogens is 162 g/mol. The number of unbranched alkanes of at least 4 members (excludes halogenated alkanes) is 2. The Morgan fingerprint density at radius 3 is 3.00 bits per heavy atom. The predicted octanol–water partition coefficient (Wildman–Crippen LogP) is 2.63. The van der Waals surface area contributed by atoms with E-state index in [1.165, 1.54) is 12.8 Å². The third kappa shape index (κ3) is 2.98. The molecule has 70 valence electrons. The van der Waals surface area contributed by atoms with Crippen molar-refractivity contribution >= 4 is 6.29 Å². The van der Waals surface area contributed by atoms with Gasteiger partial charge in [-0.25, -0.2) is 0 Å². The van der Waals surface area contributed by atoms with E-state index in [9.17, 15) is 4.79 Å². The van der Waals surface area contributed by atoms with Crippen molar-refractivity contribution in [1.82, 2.24) is 4.98 Å². The molecular formula is C11H15NO. The van der Waals surface area contributed by atoms with E-state index >= 15 is 0 Å². The molecule has 0 unspecified atom stereocenters. The zero-order chi connectivity index (χ0) is 9.52. The molecule has 0 spiro atoms. The molecule has 0 aliphatic carbocycles. The maximum absolute atomic E-state index is 10.6. The molecule has 13 heavy (non-hydrogen) atoms. The first kappa shape index (κ1) is 9.90. The fourth-order valence-electron chi connectivity index (χ4n) is 1.33. The van der Waals surface area contributed by atoms with Crippen molar-refractivity contribution in [3.05, 3.63) is 29.6 Å². The zero-order valence-electron chi connectivity index (χ0n) is 7.99. The van der Waals surface area contributed by atoms with E-state index in [4.69, 9.17) is 0 Å². The Morgan fingerprint density at radius 2 is 2.31 bits per heavy atom. The average Bonchev–Trinajstić information content (AvgIpc) is 2.19. The van der Waals surface area contributed by atoms with Crippen LogP contribution in [0.2, 0.25) is 0 Å². The number of rotatable bonds is 5. The topological polar surface area (TPSA) is 30.0 Å². The minimum Gasteiger partial charge on any atom is -0.296 e. The first-order valence-electron chi connectivity index (χ1n) is 4.77. The number of hydrogen-bond donors (Lipinski definition) is 0. The van der Waals surface area contributed by atoms with Crippen LogP contribution < -0.4 is 0 Å². The van der Waals surface area contributed by atoms with Gasteiger partial charge in [-0.05, 0) is 24.5 Å². The molecule has 0 aliphatic heterocycles. The van der Waals surface area contributed by atoms with Crippen LogP contribution in [0.4, 0.5) is 0 Å². The lowest BCUT2D eigenvalue weighted by atomic mass is 10.1. The van der Waals surface area contributed by atoms with Crippen LogP contribution in [0, 0.1) is 0 Å². The lowest BCUT2D eigenvalue weighted by molar-refractivity contribution is 0.111. The predicted molar refractivity (Wildman–Crippen MR) is 52.9 cm³/mol. The van der Waals surface area contributed by atoms with Gasteiger partial charge in [-0.15, -0.1) is 0 Å². The van der Waals surface area contributed by atoms with Crippen molar-refractivity contribution in [1.29, 1.82) is 0 Å². The van der Waals surface area contributed by atoms with Crippen molar-refractivity contribution in [3.8, 4) is 0 Å². The van der Waals surface area contributed by atoms with E-state index in [1.807, 2.05) is 12.1 Å². The normalized spacial score (nSPS) is 9.92. The standard InChI is InChI=1S/C11H15NO/c1-2-3-4-6-10-7-5-8-12-11(10)9-13/h5,7-9H,2-4,6H2,1H3. The minimum atomic E-state index is 0.596. The van der Waals surface area contributed by atoms with Crippen molar-refractivity contribution in [2.75, 3.05) is 0 Å². The highest BCUT2D eigenvalue weighted by atomic mass is 16.1. The second-order valence-corrected chi connectivity index (χ2v) is 3.12. The molecule has 2 heteroatoms. The molecule has 2 nitrogen and oxygen atoms in total. The fraction of sp³-hybridized carbons (Fsp3) is 0.455. The van der Waals surface area contributed by atoms with Crippen molar-refractivity contribution < 1.29 is 4.79 Å². The summed E-state index contributed by atoms with van der Waals surface area (Å²) in [6, 6.07) is 3.86. The van der Waals surface area contributed by atoms with Crippen LogP contribution in [-0.2, 0) is 6.42 Å². The Bertz CT molecular complexity index is 271. The summed E-state index contributed by atoms with van der Waals surface area (Å²) in [5.74, 6) is 0. The lowest BCUT2D eigenvalue weighted by Gasteiger charge is -2.01. The smallest absolute Gasteiger partial charge is 0.168 e. The summed E-state index contributed by atoms with van der Waals surface area (Å²) in [7, 11) is 0. The largest absolute Gasteiger partial charge is 0.296 e. The van der Waals surface area contributed by atoms with Gasteiger partial charge >= 0.3 is 0 Å².